The van der Waals surface area contributed by atoms with Crippen molar-refractivity contribution in [2.24, 2.45) is 5.41 Å². The first-order valence-electron chi connectivity index (χ1n) is 6.69. The van der Waals surface area contributed by atoms with Crippen molar-refractivity contribution < 1.29 is 0 Å². The molecule has 1 atom stereocenters. The Balaban J connectivity index is 1.83. The Labute approximate surface area is 100 Å². The predicted molar refractivity (Wildman–Crippen MR) is 68.7 cm³/mol. The van der Waals surface area contributed by atoms with E-state index in [2.05, 4.69) is 36.3 Å². The molecule has 0 aromatic heterocycles. The van der Waals surface area contributed by atoms with Gasteiger partial charge in [-0.2, -0.15) is 0 Å². The Morgan fingerprint density at radius 2 is 2.19 bits per heavy atom. The van der Waals surface area contributed by atoms with Crippen LogP contribution in [0.5, 0.6) is 0 Å². The third kappa shape index (κ3) is 2.58. The van der Waals surface area contributed by atoms with Crippen LogP contribution < -0.4 is 5.32 Å². The van der Waals surface area contributed by atoms with Crippen LogP contribution in [0.25, 0.3) is 0 Å². The summed E-state index contributed by atoms with van der Waals surface area (Å²) in [6.07, 6.45) is 5.62. The second-order valence-corrected chi connectivity index (χ2v) is 6.00. The average molecular weight is 225 g/mol. The highest BCUT2D eigenvalue weighted by molar-refractivity contribution is 4.93. The molecule has 3 heteroatoms. The SMILES string of the molecule is CNCC1(CN(C)C2CCN(C)C2)CCC1. The molecule has 3 nitrogen and oxygen atoms in total. The quantitative estimate of drug-likeness (QED) is 0.753. The second-order valence-electron chi connectivity index (χ2n) is 6.00. The maximum Gasteiger partial charge on any atom is 0.0232 e. The summed E-state index contributed by atoms with van der Waals surface area (Å²) in [6, 6.07) is 0.791. The van der Waals surface area contributed by atoms with Gasteiger partial charge in [0.1, 0.15) is 0 Å². The molecule has 0 amide bonds. The third-order valence-electron chi connectivity index (χ3n) is 4.54. The van der Waals surface area contributed by atoms with Crippen molar-refractivity contribution in [1.82, 2.24) is 15.1 Å². The largest absolute Gasteiger partial charge is 0.319 e. The highest BCUT2D eigenvalue weighted by Crippen LogP contribution is 2.41. The topological polar surface area (TPSA) is 18.5 Å². The van der Waals surface area contributed by atoms with Gasteiger partial charge in [0.2, 0.25) is 0 Å². The van der Waals surface area contributed by atoms with Gasteiger partial charge < -0.3 is 15.1 Å². The molecule has 2 fully saturated rings. The minimum Gasteiger partial charge on any atom is -0.319 e. The Bertz CT molecular complexity index is 225. The molecule has 1 aliphatic heterocycles. The van der Waals surface area contributed by atoms with E-state index in [0.29, 0.717) is 5.41 Å². The fourth-order valence-electron chi connectivity index (χ4n) is 3.37. The van der Waals surface area contributed by atoms with Gasteiger partial charge in [0, 0.05) is 25.7 Å². The Hall–Kier alpha value is -0.120. The van der Waals surface area contributed by atoms with Gasteiger partial charge in [-0.15, -0.1) is 0 Å². The fraction of sp³-hybridized carbons (Fsp3) is 1.00. The number of likely N-dealkylation sites (N-methyl/N-ethyl adjacent to an activating group) is 2. The van der Waals surface area contributed by atoms with E-state index in [1.165, 1.54) is 51.9 Å². The van der Waals surface area contributed by atoms with Crippen LogP contribution in [0, 0.1) is 5.41 Å². The number of hydrogen-bond donors (Lipinski definition) is 1. The van der Waals surface area contributed by atoms with Gasteiger partial charge in [-0.1, -0.05) is 6.42 Å². The molecule has 1 saturated heterocycles. The molecule has 0 aromatic rings. The van der Waals surface area contributed by atoms with Gasteiger partial charge in [-0.05, 0) is 52.4 Å². The molecule has 0 radical (unpaired) electrons. The maximum atomic E-state index is 3.38. The van der Waals surface area contributed by atoms with Crippen molar-refractivity contribution in [3.8, 4) is 0 Å². The smallest absolute Gasteiger partial charge is 0.0232 e. The monoisotopic (exact) mass is 225 g/mol. The van der Waals surface area contributed by atoms with E-state index < -0.39 is 0 Å². The predicted octanol–water partition coefficient (Wildman–Crippen LogP) is 1.01. The minimum atomic E-state index is 0.588. The van der Waals surface area contributed by atoms with Crippen molar-refractivity contribution in [2.45, 2.75) is 31.7 Å². The molecule has 1 N–H and O–H groups in total. The zero-order chi connectivity index (χ0) is 11.6. The first-order chi connectivity index (χ1) is 7.65. The van der Waals surface area contributed by atoms with E-state index in [4.69, 9.17) is 0 Å². The zero-order valence-corrected chi connectivity index (χ0v) is 11.1. The molecule has 1 unspecified atom stereocenters. The number of nitrogens with one attached hydrogen (secondary N) is 1. The molecule has 0 aromatic carbocycles. The second kappa shape index (κ2) is 5.03. The minimum absolute atomic E-state index is 0.588. The van der Waals surface area contributed by atoms with E-state index in [1.54, 1.807) is 0 Å². The molecule has 1 saturated carbocycles. The van der Waals surface area contributed by atoms with Gasteiger partial charge in [0.15, 0.2) is 0 Å². The van der Waals surface area contributed by atoms with Crippen LogP contribution >= 0.6 is 0 Å². The Kier molecular flexibility index (Phi) is 3.88. The van der Waals surface area contributed by atoms with E-state index in [1.807, 2.05) is 0 Å². The van der Waals surface area contributed by atoms with Crippen LogP contribution in [0.1, 0.15) is 25.7 Å². The lowest BCUT2D eigenvalue weighted by Gasteiger charge is -2.45. The molecular formula is C13H27N3. The lowest BCUT2D eigenvalue weighted by atomic mass is 9.68. The van der Waals surface area contributed by atoms with Gasteiger partial charge in [-0.25, -0.2) is 0 Å². The summed E-state index contributed by atoms with van der Waals surface area (Å²) in [5.74, 6) is 0. The van der Waals surface area contributed by atoms with E-state index in [9.17, 15) is 0 Å². The Morgan fingerprint density at radius 1 is 1.44 bits per heavy atom. The average Bonchev–Trinajstić information content (AvgIpc) is 2.61. The van der Waals surface area contributed by atoms with Crippen LogP contribution in [-0.4, -0.2) is 63.2 Å². The summed E-state index contributed by atoms with van der Waals surface area (Å²) in [4.78, 5) is 5.06. The van der Waals surface area contributed by atoms with Gasteiger partial charge >= 0.3 is 0 Å². The first-order valence-corrected chi connectivity index (χ1v) is 6.69. The first kappa shape index (κ1) is 12.3. The highest BCUT2D eigenvalue weighted by atomic mass is 15.2. The maximum absolute atomic E-state index is 3.38. The third-order valence-corrected chi connectivity index (χ3v) is 4.54. The summed E-state index contributed by atoms with van der Waals surface area (Å²) in [7, 11) is 6.64. The van der Waals surface area contributed by atoms with E-state index in [-0.39, 0.29) is 0 Å². The van der Waals surface area contributed by atoms with Crippen molar-refractivity contribution in [1.29, 1.82) is 0 Å². The molecule has 2 aliphatic rings. The summed E-state index contributed by atoms with van der Waals surface area (Å²) in [6.45, 7) is 5.01. The number of likely N-dealkylation sites (tertiary alicyclic amines) is 1. The van der Waals surface area contributed by atoms with Crippen molar-refractivity contribution in [3.05, 3.63) is 0 Å². The summed E-state index contributed by atoms with van der Waals surface area (Å²) < 4.78 is 0. The van der Waals surface area contributed by atoms with Gasteiger partial charge in [-0.3, -0.25) is 0 Å². The van der Waals surface area contributed by atoms with E-state index in [0.717, 1.165) is 6.04 Å². The van der Waals surface area contributed by atoms with Crippen LogP contribution in [0.4, 0.5) is 0 Å². The highest BCUT2D eigenvalue weighted by Gasteiger charge is 2.38. The molecule has 1 heterocycles. The molecule has 94 valence electrons. The van der Waals surface area contributed by atoms with Crippen molar-refractivity contribution >= 4 is 0 Å². The van der Waals surface area contributed by atoms with Crippen LogP contribution in [0.2, 0.25) is 0 Å². The molecule has 1 aliphatic carbocycles. The number of hydrogen-bond acceptors (Lipinski definition) is 3. The van der Waals surface area contributed by atoms with Crippen molar-refractivity contribution in [2.75, 3.05) is 47.3 Å². The lowest BCUT2D eigenvalue weighted by Crippen LogP contribution is -2.49. The van der Waals surface area contributed by atoms with Crippen LogP contribution in [-0.2, 0) is 0 Å². The summed E-state index contributed by atoms with van der Waals surface area (Å²) in [5, 5.41) is 3.38. The molecule has 0 bridgehead atoms. The lowest BCUT2D eigenvalue weighted by molar-refractivity contribution is 0.0622. The van der Waals surface area contributed by atoms with E-state index >= 15 is 0 Å². The molecule has 0 spiro atoms. The van der Waals surface area contributed by atoms with Crippen LogP contribution in [0.3, 0.4) is 0 Å². The van der Waals surface area contributed by atoms with Gasteiger partial charge in [0.25, 0.3) is 0 Å². The number of rotatable bonds is 5. The Morgan fingerprint density at radius 3 is 2.62 bits per heavy atom. The molecule has 2 rings (SSSR count). The summed E-state index contributed by atoms with van der Waals surface area (Å²) >= 11 is 0. The van der Waals surface area contributed by atoms with Crippen molar-refractivity contribution in [3.63, 3.8) is 0 Å². The van der Waals surface area contributed by atoms with Gasteiger partial charge in [0.05, 0.1) is 0 Å². The normalized spacial score (nSPS) is 29.6. The zero-order valence-electron chi connectivity index (χ0n) is 11.1. The molecule has 16 heavy (non-hydrogen) atoms. The number of nitrogens with zero attached hydrogens (tertiary/aromatic N) is 2. The summed E-state index contributed by atoms with van der Waals surface area (Å²) in [5.41, 5.74) is 0.588. The fourth-order valence-corrected chi connectivity index (χ4v) is 3.37. The van der Waals surface area contributed by atoms with Crippen LogP contribution in [0.15, 0.2) is 0 Å². The standard InChI is InChI=1S/C13H27N3/c1-14-10-13(6-4-7-13)11-16(3)12-5-8-15(2)9-12/h12,14H,4-11H2,1-3H3. The molecular weight excluding hydrogens is 198 g/mol.